The minimum Gasteiger partial charge on any atom is -0.466 e. The van der Waals surface area contributed by atoms with Gasteiger partial charge < -0.3 is 14.6 Å². The first-order valence-electron chi connectivity index (χ1n) is 8.45. The fourth-order valence-electron chi connectivity index (χ4n) is 3.05. The average Bonchev–Trinajstić information content (AvgIpc) is 2.74. The number of aliphatic hydroxyl groups is 1. The first-order chi connectivity index (χ1) is 11.0. The van der Waals surface area contributed by atoms with Gasteiger partial charge in [-0.3, -0.25) is 14.4 Å². The fourth-order valence-corrected chi connectivity index (χ4v) is 3.05. The number of carbonyl (C=O) groups is 3. The smallest absolute Gasteiger partial charge is 0.305 e. The molecule has 0 heterocycles. The number of esters is 2. The van der Waals surface area contributed by atoms with Gasteiger partial charge in [0.1, 0.15) is 5.78 Å². The first kappa shape index (κ1) is 19.6. The molecule has 1 rings (SSSR count). The molecule has 0 amide bonds. The van der Waals surface area contributed by atoms with Crippen LogP contribution in [0.1, 0.15) is 58.8 Å². The standard InChI is InChI=1S/C17H28O6/c1-3-22-17(21)9-7-5-4-6-8-13-14(11-23-12(2)18)16(20)10-15(13)19/h13-14,16,20H,3-11H2,1-2H3/t13-,14-,16-/m1/s1. The van der Waals surface area contributed by atoms with Gasteiger partial charge >= 0.3 is 11.9 Å². The van der Waals surface area contributed by atoms with Crippen molar-refractivity contribution in [2.24, 2.45) is 11.8 Å². The molecule has 23 heavy (non-hydrogen) atoms. The Morgan fingerprint density at radius 3 is 2.52 bits per heavy atom. The zero-order chi connectivity index (χ0) is 17.2. The summed E-state index contributed by atoms with van der Waals surface area (Å²) in [7, 11) is 0. The van der Waals surface area contributed by atoms with E-state index in [-0.39, 0.29) is 36.6 Å². The number of hydrogen-bond acceptors (Lipinski definition) is 6. The summed E-state index contributed by atoms with van der Waals surface area (Å²) in [6.07, 6.45) is 4.07. The quantitative estimate of drug-likeness (QED) is 0.487. The van der Waals surface area contributed by atoms with Crippen LogP contribution in [-0.4, -0.2) is 42.1 Å². The van der Waals surface area contributed by atoms with E-state index in [0.29, 0.717) is 19.4 Å². The lowest BCUT2D eigenvalue weighted by Gasteiger charge is -2.20. The van der Waals surface area contributed by atoms with Crippen LogP contribution >= 0.6 is 0 Å². The predicted octanol–water partition coefficient (Wildman–Crippen LogP) is 2.02. The largest absolute Gasteiger partial charge is 0.466 e. The molecule has 0 unspecified atom stereocenters. The molecule has 0 aromatic heterocycles. The molecule has 1 N–H and O–H groups in total. The number of unbranched alkanes of at least 4 members (excludes halogenated alkanes) is 3. The Morgan fingerprint density at radius 2 is 1.87 bits per heavy atom. The third-order valence-corrected chi connectivity index (χ3v) is 4.27. The van der Waals surface area contributed by atoms with Crippen LogP contribution in [0.3, 0.4) is 0 Å². The summed E-state index contributed by atoms with van der Waals surface area (Å²) in [5.74, 6) is -1.01. The Labute approximate surface area is 137 Å². The second-order valence-corrected chi connectivity index (χ2v) is 6.07. The van der Waals surface area contributed by atoms with E-state index in [1.165, 1.54) is 6.92 Å². The second kappa shape index (κ2) is 10.4. The molecule has 1 fully saturated rings. The molecule has 6 nitrogen and oxygen atoms in total. The number of hydrogen-bond donors (Lipinski definition) is 1. The summed E-state index contributed by atoms with van der Waals surface area (Å²) >= 11 is 0. The number of Topliss-reactive ketones (excluding diaryl/α,β-unsaturated/α-hetero) is 1. The predicted molar refractivity (Wildman–Crippen MR) is 83.6 cm³/mol. The third-order valence-electron chi connectivity index (χ3n) is 4.27. The minimum atomic E-state index is -0.712. The van der Waals surface area contributed by atoms with Gasteiger partial charge in [0.05, 0.1) is 19.3 Å². The first-order valence-corrected chi connectivity index (χ1v) is 8.45. The number of ketones is 1. The molecule has 0 saturated heterocycles. The Balaban J connectivity index is 2.24. The van der Waals surface area contributed by atoms with E-state index >= 15 is 0 Å². The van der Waals surface area contributed by atoms with Gasteiger partial charge in [-0.05, 0) is 19.8 Å². The van der Waals surface area contributed by atoms with Crippen LogP contribution in [0.25, 0.3) is 0 Å². The summed E-state index contributed by atoms with van der Waals surface area (Å²) in [5.41, 5.74) is 0. The van der Waals surface area contributed by atoms with E-state index in [1.807, 2.05) is 0 Å². The van der Waals surface area contributed by atoms with Crippen LogP contribution in [0.15, 0.2) is 0 Å². The monoisotopic (exact) mass is 328 g/mol. The molecule has 1 saturated carbocycles. The van der Waals surface area contributed by atoms with Crippen molar-refractivity contribution < 1.29 is 29.0 Å². The Hall–Kier alpha value is -1.43. The van der Waals surface area contributed by atoms with E-state index in [4.69, 9.17) is 9.47 Å². The summed E-state index contributed by atoms with van der Waals surface area (Å²) in [6, 6.07) is 0. The maximum absolute atomic E-state index is 12.0. The highest BCUT2D eigenvalue weighted by Crippen LogP contribution is 2.33. The van der Waals surface area contributed by atoms with E-state index in [1.54, 1.807) is 6.92 Å². The van der Waals surface area contributed by atoms with Gasteiger partial charge in [0.2, 0.25) is 0 Å². The number of rotatable bonds is 10. The molecule has 132 valence electrons. The molecule has 0 aliphatic heterocycles. The van der Waals surface area contributed by atoms with Gasteiger partial charge in [0.15, 0.2) is 0 Å². The van der Waals surface area contributed by atoms with Crippen LogP contribution in [0.2, 0.25) is 0 Å². The molecular formula is C17H28O6. The summed E-state index contributed by atoms with van der Waals surface area (Å²) in [5, 5.41) is 9.93. The second-order valence-electron chi connectivity index (χ2n) is 6.07. The van der Waals surface area contributed by atoms with Gasteiger partial charge in [-0.2, -0.15) is 0 Å². The Kier molecular flexibility index (Phi) is 8.84. The van der Waals surface area contributed by atoms with Crippen molar-refractivity contribution in [1.29, 1.82) is 0 Å². The molecule has 3 atom stereocenters. The van der Waals surface area contributed by atoms with Crippen molar-refractivity contribution in [2.75, 3.05) is 13.2 Å². The zero-order valence-electron chi connectivity index (χ0n) is 14.1. The maximum atomic E-state index is 12.0. The number of aliphatic hydroxyl groups excluding tert-OH is 1. The van der Waals surface area contributed by atoms with Gasteiger partial charge in [-0.25, -0.2) is 0 Å². The van der Waals surface area contributed by atoms with Crippen molar-refractivity contribution in [3.8, 4) is 0 Å². The van der Waals surface area contributed by atoms with Gasteiger partial charge in [-0.1, -0.05) is 19.3 Å². The fraction of sp³-hybridized carbons (Fsp3) is 0.824. The number of ether oxygens (including phenoxy) is 2. The van der Waals surface area contributed by atoms with Crippen molar-refractivity contribution in [1.82, 2.24) is 0 Å². The van der Waals surface area contributed by atoms with Crippen molar-refractivity contribution in [2.45, 2.75) is 64.9 Å². The van der Waals surface area contributed by atoms with E-state index in [9.17, 15) is 19.5 Å². The lowest BCUT2D eigenvalue weighted by atomic mass is 9.89. The lowest BCUT2D eigenvalue weighted by Crippen LogP contribution is -2.26. The van der Waals surface area contributed by atoms with Crippen LogP contribution in [0.5, 0.6) is 0 Å². The Bertz CT molecular complexity index is 406. The van der Waals surface area contributed by atoms with Crippen molar-refractivity contribution in [3.05, 3.63) is 0 Å². The third kappa shape index (κ3) is 7.12. The van der Waals surface area contributed by atoms with Crippen LogP contribution < -0.4 is 0 Å². The molecule has 1 aliphatic rings. The van der Waals surface area contributed by atoms with E-state index in [2.05, 4.69) is 0 Å². The molecule has 0 aromatic carbocycles. The molecule has 0 bridgehead atoms. The summed E-state index contributed by atoms with van der Waals surface area (Å²) < 4.78 is 9.83. The van der Waals surface area contributed by atoms with Crippen molar-refractivity contribution in [3.63, 3.8) is 0 Å². The molecule has 6 heteroatoms. The topological polar surface area (TPSA) is 89.9 Å². The van der Waals surface area contributed by atoms with Crippen molar-refractivity contribution >= 4 is 17.7 Å². The van der Waals surface area contributed by atoms with Gasteiger partial charge in [0.25, 0.3) is 0 Å². The zero-order valence-corrected chi connectivity index (χ0v) is 14.1. The van der Waals surface area contributed by atoms with Crippen LogP contribution in [0.4, 0.5) is 0 Å². The SMILES string of the molecule is CCOC(=O)CCCCCC[C@H]1C(=O)C[C@@H](O)[C@@H]1COC(C)=O. The molecule has 1 aliphatic carbocycles. The highest BCUT2D eigenvalue weighted by atomic mass is 16.5. The maximum Gasteiger partial charge on any atom is 0.305 e. The van der Waals surface area contributed by atoms with E-state index in [0.717, 1.165) is 25.7 Å². The summed E-state index contributed by atoms with van der Waals surface area (Å²) in [4.78, 5) is 34.1. The Morgan fingerprint density at radius 1 is 1.17 bits per heavy atom. The molecule has 0 spiro atoms. The normalized spacial score (nSPS) is 23.8. The van der Waals surface area contributed by atoms with Gasteiger partial charge in [0, 0.05) is 31.6 Å². The van der Waals surface area contributed by atoms with Crippen LogP contribution in [0, 0.1) is 11.8 Å². The molecule has 0 aromatic rings. The molecular weight excluding hydrogens is 300 g/mol. The number of carbonyl (C=O) groups excluding carboxylic acids is 3. The lowest BCUT2D eigenvalue weighted by molar-refractivity contribution is -0.144. The average molecular weight is 328 g/mol. The highest BCUT2D eigenvalue weighted by Gasteiger charge is 2.41. The minimum absolute atomic E-state index is 0.0566. The van der Waals surface area contributed by atoms with Gasteiger partial charge in [-0.15, -0.1) is 0 Å². The van der Waals surface area contributed by atoms with E-state index < -0.39 is 12.1 Å². The highest BCUT2D eigenvalue weighted by molar-refractivity contribution is 5.84. The van der Waals surface area contributed by atoms with Crippen LogP contribution in [-0.2, 0) is 23.9 Å². The molecule has 0 radical (unpaired) electrons. The summed E-state index contributed by atoms with van der Waals surface area (Å²) in [6.45, 7) is 3.63.